The van der Waals surface area contributed by atoms with Crippen molar-refractivity contribution in [2.75, 3.05) is 49.2 Å². The van der Waals surface area contributed by atoms with Crippen molar-refractivity contribution in [1.82, 2.24) is 4.31 Å². The summed E-state index contributed by atoms with van der Waals surface area (Å²) < 4.78 is 56.3. The minimum Gasteiger partial charge on any atom is -0.379 e. The minimum atomic E-state index is -3.63. The summed E-state index contributed by atoms with van der Waals surface area (Å²) in [5.74, 6) is -0.440. The van der Waals surface area contributed by atoms with Gasteiger partial charge in [-0.15, -0.1) is 0 Å². The first-order valence-electron chi connectivity index (χ1n) is 9.12. The molecule has 0 atom stereocenters. The first kappa shape index (κ1) is 22.2. The van der Waals surface area contributed by atoms with E-state index in [1.807, 2.05) is 0 Å². The van der Waals surface area contributed by atoms with Crippen LogP contribution in [0.25, 0.3) is 0 Å². The monoisotopic (exact) mass is 453 g/mol. The van der Waals surface area contributed by atoms with Crippen LogP contribution in [0.5, 0.6) is 0 Å². The molecule has 1 N–H and O–H groups in total. The molecule has 0 bridgehead atoms. The second-order valence-electron chi connectivity index (χ2n) is 6.78. The molecule has 0 aromatic heterocycles. The molecule has 162 valence electrons. The van der Waals surface area contributed by atoms with Gasteiger partial charge in [0.1, 0.15) is 0 Å². The first-order valence-corrected chi connectivity index (χ1v) is 12.4. The quantitative estimate of drug-likeness (QED) is 0.707. The van der Waals surface area contributed by atoms with Gasteiger partial charge in [0.05, 0.1) is 30.1 Å². The Kier molecular flexibility index (Phi) is 6.46. The fraction of sp³-hybridized carbons (Fsp3) is 0.316. The number of amides is 1. The first-order chi connectivity index (χ1) is 14.1. The molecule has 1 heterocycles. The number of carbonyl (C=O) groups excluding carboxylic acids is 1. The van der Waals surface area contributed by atoms with E-state index in [0.29, 0.717) is 37.7 Å². The van der Waals surface area contributed by atoms with E-state index in [0.717, 1.165) is 10.6 Å². The van der Waals surface area contributed by atoms with Crippen LogP contribution in [0.3, 0.4) is 0 Å². The van der Waals surface area contributed by atoms with Gasteiger partial charge in [-0.05, 0) is 42.5 Å². The standard InChI is InChI=1S/C19H23N3O6S2/c1-21(29(2,24)25)17-5-3-4-16(14-17)20-19(23)15-6-8-18(9-7-15)30(26,27)22-10-12-28-13-11-22/h3-9,14H,10-13H2,1-2H3,(H,20,23). The average Bonchev–Trinajstić information content (AvgIpc) is 2.73. The predicted molar refractivity (Wildman–Crippen MR) is 114 cm³/mol. The Labute approximate surface area is 176 Å². The lowest BCUT2D eigenvalue weighted by Gasteiger charge is -2.26. The van der Waals surface area contributed by atoms with Crippen molar-refractivity contribution in [3.05, 3.63) is 54.1 Å². The Bertz CT molecular complexity index is 1130. The van der Waals surface area contributed by atoms with Crippen LogP contribution in [0.1, 0.15) is 10.4 Å². The van der Waals surface area contributed by atoms with E-state index in [4.69, 9.17) is 4.74 Å². The maximum atomic E-state index is 12.7. The molecule has 0 aliphatic carbocycles. The fourth-order valence-corrected chi connectivity index (χ4v) is 4.79. The summed E-state index contributed by atoms with van der Waals surface area (Å²) in [6, 6.07) is 12.1. The summed E-state index contributed by atoms with van der Waals surface area (Å²) in [5, 5.41) is 2.69. The molecule has 0 unspecified atom stereocenters. The smallest absolute Gasteiger partial charge is 0.255 e. The average molecular weight is 454 g/mol. The molecule has 0 spiro atoms. The van der Waals surface area contributed by atoms with Crippen LogP contribution in [-0.4, -0.2) is 66.7 Å². The number of anilines is 2. The fourth-order valence-electron chi connectivity index (χ4n) is 2.89. The van der Waals surface area contributed by atoms with Gasteiger partial charge in [0.25, 0.3) is 5.91 Å². The SMILES string of the molecule is CN(c1cccc(NC(=O)c2ccc(S(=O)(=O)N3CCOCC3)cc2)c1)S(C)(=O)=O. The minimum absolute atomic E-state index is 0.109. The molecule has 11 heteroatoms. The maximum absolute atomic E-state index is 12.7. The highest BCUT2D eigenvalue weighted by atomic mass is 32.2. The van der Waals surface area contributed by atoms with Crippen LogP contribution in [0.2, 0.25) is 0 Å². The van der Waals surface area contributed by atoms with Crippen molar-refractivity contribution >= 4 is 37.3 Å². The van der Waals surface area contributed by atoms with E-state index >= 15 is 0 Å². The van der Waals surface area contributed by atoms with E-state index in [1.165, 1.54) is 41.7 Å². The molecule has 2 aromatic rings. The number of hydrogen-bond acceptors (Lipinski definition) is 6. The van der Waals surface area contributed by atoms with E-state index in [2.05, 4.69) is 5.32 Å². The van der Waals surface area contributed by atoms with Gasteiger partial charge in [0.2, 0.25) is 20.0 Å². The summed E-state index contributed by atoms with van der Waals surface area (Å²) in [6.45, 7) is 1.30. The van der Waals surface area contributed by atoms with E-state index in [9.17, 15) is 21.6 Å². The highest BCUT2D eigenvalue weighted by Crippen LogP contribution is 2.22. The second-order valence-corrected chi connectivity index (χ2v) is 10.7. The molecule has 1 aliphatic rings. The number of nitrogens with one attached hydrogen (secondary N) is 1. The Morgan fingerprint density at radius 3 is 2.27 bits per heavy atom. The lowest BCUT2D eigenvalue weighted by Crippen LogP contribution is -2.40. The van der Waals surface area contributed by atoms with Gasteiger partial charge in [-0.25, -0.2) is 16.8 Å². The number of morpholine rings is 1. The molecule has 2 aromatic carbocycles. The van der Waals surface area contributed by atoms with Crippen molar-refractivity contribution in [1.29, 1.82) is 0 Å². The van der Waals surface area contributed by atoms with Crippen molar-refractivity contribution in [2.45, 2.75) is 4.90 Å². The number of sulfonamides is 2. The zero-order valence-electron chi connectivity index (χ0n) is 16.6. The van der Waals surface area contributed by atoms with Crippen LogP contribution >= 0.6 is 0 Å². The van der Waals surface area contributed by atoms with Crippen molar-refractivity contribution < 1.29 is 26.4 Å². The van der Waals surface area contributed by atoms with Crippen LogP contribution in [0.15, 0.2) is 53.4 Å². The molecule has 0 radical (unpaired) electrons. The van der Waals surface area contributed by atoms with Gasteiger partial charge < -0.3 is 10.1 Å². The molecule has 3 rings (SSSR count). The lowest BCUT2D eigenvalue weighted by atomic mass is 10.2. The van der Waals surface area contributed by atoms with Crippen LogP contribution < -0.4 is 9.62 Å². The second kappa shape index (κ2) is 8.72. The van der Waals surface area contributed by atoms with Gasteiger partial charge >= 0.3 is 0 Å². The predicted octanol–water partition coefficient (Wildman–Crippen LogP) is 1.36. The summed E-state index contributed by atoms with van der Waals surface area (Å²) in [5.41, 5.74) is 1.10. The normalized spacial score (nSPS) is 15.5. The third-order valence-corrected chi connectivity index (χ3v) is 7.81. The highest BCUT2D eigenvalue weighted by molar-refractivity contribution is 7.92. The summed E-state index contributed by atoms with van der Waals surface area (Å²) in [6.07, 6.45) is 1.09. The van der Waals surface area contributed by atoms with Gasteiger partial charge in [0, 0.05) is 31.4 Å². The zero-order chi connectivity index (χ0) is 21.9. The van der Waals surface area contributed by atoms with Crippen molar-refractivity contribution in [2.24, 2.45) is 0 Å². The number of ether oxygens (including phenoxy) is 1. The van der Waals surface area contributed by atoms with Gasteiger partial charge in [-0.2, -0.15) is 4.31 Å². The third-order valence-electron chi connectivity index (χ3n) is 4.69. The Morgan fingerprint density at radius 2 is 1.67 bits per heavy atom. The lowest BCUT2D eigenvalue weighted by molar-refractivity contribution is 0.0730. The Hall–Kier alpha value is -2.47. The molecular formula is C19H23N3O6S2. The third kappa shape index (κ3) is 4.98. The molecule has 1 saturated heterocycles. The molecular weight excluding hydrogens is 430 g/mol. The topological polar surface area (TPSA) is 113 Å². The number of hydrogen-bond donors (Lipinski definition) is 1. The number of benzene rings is 2. The summed E-state index contributed by atoms with van der Waals surface area (Å²) in [7, 11) is -5.64. The van der Waals surface area contributed by atoms with Crippen molar-refractivity contribution in [3.8, 4) is 0 Å². The number of nitrogens with zero attached hydrogens (tertiary/aromatic N) is 2. The van der Waals surface area contributed by atoms with Crippen molar-refractivity contribution in [3.63, 3.8) is 0 Å². The molecule has 0 saturated carbocycles. The number of carbonyl (C=O) groups is 1. The van der Waals surface area contributed by atoms with E-state index < -0.39 is 26.0 Å². The molecule has 30 heavy (non-hydrogen) atoms. The van der Waals surface area contributed by atoms with Crippen LogP contribution in [0.4, 0.5) is 11.4 Å². The molecule has 9 nitrogen and oxygen atoms in total. The Morgan fingerprint density at radius 1 is 1.03 bits per heavy atom. The largest absolute Gasteiger partial charge is 0.379 e. The van der Waals surface area contributed by atoms with E-state index in [1.54, 1.807) is 18.2 Å². The summed E-state index contributed by atoms with van der Waals surface area (Å²) >= 11 is 0. The van der Waals surface area contributed by atoms with E-state index in [-0.39, 0.29) is 10.5 Å². The Balaban J connectivity index is 1.74. The maximum Gasteiger partial charge on any atom is 0.255 e. The van der Waals surface area contributed by atoms with Crippen LogP contribution in [0, 0.1) is 0 Å². The number of rotatable bonds is 6. The zero-order valence-corrected chi connectivity index (χ0v) is 18.2. The highest BCUT2D eigenvalue weighted by Gasteiger charge is 2.26. The summed E-state index contributed by atoms with van der Waals surface area (Å²) in [4.78, 5) is 12.6. The molecule has 1 aliphatic heterocycles. The van der Waals surface area contributed by atoms with Gasteiger partial charge in [-0.3, -0.25) is 9.10 Å². The molecule has 1 fully saturated rings. The molecule has 1 amide bonds. The van der Waals surface area contributed by atoms with Gasteiger partial charge in [-0.1, -0.05) is 6.07 Å². The van der Waals surface area contributed by atoms with Crippen LogP contribution in [-0.2, 0) is 24.8 Å². The van der Waals surface area contributed by atoms with Gasteiger partial charge in [0.15, 0.2) is 0 Å².